The fourth-order valence-corrected chi connectivity index (χ4v) is 3.21. The highest BCUT2D eigenvalue weighted by Crippen LogP contribution is 2.37. The molecule has 2 aromatic rings. The molecule has 6 heteroatoms. The van der Waals surface area contributed by atoms with Crippen molar-refractivity contribution in [1.29, 1.82) is 0 Å². The first-order valence-electron chi connectivity index (χ1n) is 7.14. The molecular formula is C14H20N4OS. The van der Waals surface area contributed by atoms with Gasteiger partial charge in [0.2, 0.25) is 5.95 Å². The predicted molar refractivity (Wildman–Crippen MR) is 83.5 cm³/mol. The molecule has 2 heterocycles. The zero-order chi connectivity index (χ0) is 14.0. The van der Waals surface area contributed by atoms with Crippen LogP contribution < -0.4 is 10.6 Å². The van der Waals surface area contributed by atoms with Crippen molar-refractivity contribution in [2.24, 2.45) is 0 Å². The predicted octanol–water partition coefficient (Wildman–Crippen LogP) is 2.84. The normalized spacial score (nSPS) is 16.9. The lowest BCUT2D eigenvalue weighted by atomic mass is 9.77. The minimum atomic E-state index is -0.189. The van der Waals surface area contributed by atoms with E-state index in [0.717, 1.165) is 48.3 Å². The standard InChI is InChI=1S/C14H20N4OS/c1-2-7-15-13-16-11(10-4-8-20-12(10)17-13)18-14(9-19)5-3-6-14/h4,8,19H,2-3,5-7,9H2,1H3,(H2,15,16,17,18). The minimum absolute atomic E-state index is 0.153. The molecule has 20 heavy (non-hydrogen) atoms. The maximum atomic E-state index is 9.61. The molecule has 5 nitrogen and oxygen atoms in total. The van der Waals surface area contributed by atoms with Crippen molar-refractivity contribution < 1.29 is 5.11 Å². The Kier molecular flexibility index (Phi) is 3.76. The van der Waals surface area contributed by atoms with Crippen molar-refractivity contribution in [1.82, 2.24) is 9.97 Å². The van der Waals surface area contributed by atoms with Crippen molar-refractivity contribution in [3.05, 3.63) is 11.4 Å². The number of nitrogens with zero attached hydrogens (tertiary/aromatic N) is 2. The molecule has 0 atom stereocenters. The summed E-state index contributed by atoms with van der Waals surface area (Å²) < 4.78 is 0. The van der Waals surface area contributed by atoms with E-state index in [0.29, 0.717) is 5.95 Å². The summed E-state index contributed by atoms with van der Waals surface area (Å²) in [5.74, 6) is 1.50. The van der Waals surface area contributed by atoms with Gasteiger partial charge in [0.15, 0.2) is 0 Å². The van der Waals surface area contributed by atoms with Gasteiger partial charge in [-0.05, 0) is 37.1 Å². The first-order chi connectivity index (χ1) is 9.76. The molecule has 1 aliphatic rings. The van der Waals surface area contributed by atoms with Gasteiger partial charge in [0.25, 0.3) is 0 Å². The fraction of sp³-hybridized carbons (Fsp3) is 0.571. The van der Waals surface area contributed by atoms with Gasteiger partial charge in [-0.2, -0.15) is 4.98 Å². The molecule has 2 aromatic heterocycles. The lowest BCUT2D eigenvalue weighted by Gasteiger charge is -2.41. The van der Waals surface area contributed by atoms with E-state index in [1.54, 1.807) is 11.3 Å². The quantitative estimate of drug-likeness (QED) is 0.764. The molecule has 108 valence electrons. The minimum Gasteiger partial charge on any atom is -0.394 e. The highest BCUT2D eigenvalue weighted by molar-refractivity contribution is 7.16. The molecule has 1 fully saturated rings. The molecule has 3 rings (SSSR count). The van der Waals surface area contributed by atoms with Crippen LogP contribution >= 0.6 is 11.3 Å². The van der Waals surface area contributed by atoms with Gasteiger partial charge < -0.3 is 15.7 Å². The molecule has 1 aliphatic carbocycles. The summed E-state index contributed by atoms with van der Waals surface area (Å²) in [5, 5.41) is 19.4. The van der Waals surface area contributed by atoms with Gasteiger partial charge in [0.05, 0.1) is 17.5 Å². The molecule has 0 radical (unpaired) electrons. The van der Waals surface area contributed by atoms with E-state index >= 15 is 0 Å². The first kappa shape index (κ1) is 13.6. The molecule has 0 spiro atoms. The number of thiophene rings is 1. The summed E-state index contributed by atoms with van der Waals surface area (Å²) in [6.07, 6.45) is 4.19. The lowest BCUT2D eigenvalue weighted by Crippen LogP contribution is -2.48. The average Bonchev–Trinajstić information content (AvgIpc) is 2.88. The smallest absolute Gasteiger partial charge is 0.226 e. The number of aliphatic hydroxyl groups is 1. The molecule has 1 saturated carbocycles. The molecule has 0 aliphatic heterocycles. The summed E-state index contributed by atoms with van der Waals surface area (Å²) in [7, 11) is 0. The summed E-state index contributed by atoms with van der Waals surface area (Å²) in [6.45, 7) is 3.13. The van der Waals surface area contributed by atoms with Crippen LogP contribution in [-0.2, 0) is 0 Å². The van der Waals surface area contributed by atoms with E-state index in [9.17, 15) is 5.11 Å². The van der Waals surface area contributed by atoms with Gasteiger partial charge in [-0.25, -0.2) is 4.98 Å². The number of aliphatic hydroxyl groups excluding tert-OH is 1. The van der Waals surface area contributed by atoms with Crippen LogP contribution in [-0.4, -0.2) is 33.8 Å². The van der Waals surface area contributed by atoms with E-state index < -0.39 is 0 Å². The largest absolute Gasteiger partial charge is 0.394 e. The fourth-order valence-electron chi connectivity index (χ4n) is 2.44. The van der Waals surface area contributed by atoms with Crippen LogP contribution in [0, 0.1) is 0 Å². The number of rotatable bonds is 6. The van der Waals surface area contributed by atoms with Gasteiger partial charge in [-0.3, -0.25) is 0 Å². The third-order valence-electron chi connectivity index (χ3n) is 3.86. The Morgan fingerprint density at radius 2 is 2.25 bits per heavy atom. The van der Waals surface area contributed by atoms with Crippen molar-refractivity contribution in [2.45, 2.75) is 38.1 Å². The Balaban J connectivity index is 1.92. The van der Waals surface area contributed by atoms with Crippen LogP contribution in [0.4, 0.5) is 11.8 Å². The number of aromatic nitrogens is 2. The SMILES string of the molecule is CCCNc1nc(NC2(CO)CCC2)c2ccsc2n1. The van der Waals surface area contributed by atoms with Gasteiger partial charge in [-0.1, -0.05) is 6.92 Å². The number of fused-ring (bicyclic) bond motifs is 1. The molecule has 0 unspecified atom stereocenters. The van der Waals surface area contributed by atoms with Crippen molar-refractivity contribution in [3.8, 4) is 0 Å². The Bertz CT molecular complexity index is 588. The molecule has 0 aromatic carbocycles. The number of hydrogen-bond acceptors (Lipinski definition) is 6. The number of nitrogens with one attached hydrogen (secondary N) is 2. The van der Waals surface area contributed by atoms with Crippen LogP contribution in [0.5, 0.6) is 0 Å². The zero-order valence-corrected chi connectivity index (χ0v) is 12.5. The van der Waals surface area contributed by atoms with Crippen LogP contribution in [0.25, 0.3) is 10.2 Å². The molecule has 0 bridgehead atoms. The molecule has 0 amide bonds. The Hall–Kier alpha value is -1.40. The van der Waals surface area contributed by atoms with Gasteiger partial charge in [0.1, 0.15) is 10.6 Å². The number of hydrogen-bond donors (Lipinski definition) is 3. The van der Waals surface area contributed by atoms with Crippen LogP contribution in [0.1, 0.15) is 32.6 Å². The van der Waals surface area contributed by atoms with E-state index in [4.69, 9.17) is 0 Å². The van der Waals surface area contributed by atoms with Crippen LogP contribution in [0.3, 0.4) is 0 Å². The van der Waals surface area contributed by atoms with E-state index in [-0.39, 0.29) is 12.1 Å². The second kappa shape index (κ2) is 5.54. The maximum Gasteiger partial charge on any atom is 0.226 e. The third kappa shape index (κ3) is 2.45. The van der Waals surface area contributed by atoms with E-state index in [1.165, 1.54) is 0 Å². The zero-order valence-electron chi connectivity index (χ0n) is 11.6. The summed E-state index contributed by atoms with van der Waals surface area (Å²) in [6, 6.07) is 2.04. The van der Waals surface area contributed by atoms with Crippen molar-refractivity contribution >= 4 is 33.3 Å². The number of anilines is 2. The summed E-state index contributed by atoms with van der Waals surface area (Å²) in [4.78, 5) is 10.1. The second-order valence-corrected chi connectivity index (χ2v) is 6.27. The highest BCUT2D eigenvalue weighted by atomic mass is 32.1. The summed E-state index contributed by atoms with van der Waals surface area (Å²) in [5.41, 5.74) is -0.189. The van der Waals surface area contributed by atoms with Gasteiger partial charge >= 0.3 is 0 Å². The Labute approximate surface area is 122 Å². The molecule has 3 N–H and O–H groups in total. The Morgan fingerprint density at radius 1 is 1.40 bits per heavy atom. The monoisotopic (exact) mass is 292 g/mol. The van der Waals surface area contributed by atoms with Crippen LogP contribution in [0.2, 0.25) is 0 Å². The van der Waals surface area contributed by atoms with E-state index in [1.807, 2.05) is 11.4 Å². The first-order valence-corrected chi connectivity index (χ1v) is 8.02. The Morgan fingerprint density at radius 3 is 2.90 bits per heavy atom. The van der Waals surface area contributed by atoms with E-state index in [2.05, 4.69) is 27.5 Å². The molecule has 0 saturated heterocycles. The average molecular weight is 292 g/mol. The summed E-state index contributed by atoms with van der Waals surface area (Å²) >= 11 is 1.61. The maximum absolute atomic E-state index is 9.61. The molecular weight excluding hydrogens is 272 g/mol. The van der Waals surface area contributed by atoms with Gasteiger partial charge in [0, 0.05) is 6.54 Å². The van der Waals surface area contributed by atoms with Crippen molar-refractivity contribution in [3.63, 3.8) is 0 Å². The van der Waals surface area contributed by atoms with Gasteiger partial charge in [-0.15, -0.1) is 11.3 Å². The highest BCUT2D eigenvalue weighted by Gasteiger charge is 2.37. The third-order valence-corrected chi connectivity index (χ3v) is 4.66. The topological polar surface area (TPSA) is 70.1 Å². The lowest BCUT2D eigenvalue weighted by molar-refractivity contribution is 0.144. The van der Waals surface area contributed by atoms with Crippen molar-refractivity contribution in [2.75, 3.05) is 23.8 Å². The van der Waals surface area contributed by atoms with Crippen LogP contribution in [0.15, 0.2) is 11.4 Å². The second-order valence-electron chi connectivity index (χ2n) is 5.38.